The number of alkyl halides is 1. The molecule has 0 heterocycles. The van der Waals surface area contributed by atoms with Crippen LogP contribution in [0.2, 0.25) is 0 Å². The summed E-state index contributed by atoms with van der Waals surface area (Å²) in [6.07, 6.45) is 0. The number of halogens is 3. The van der Waals surface area contributed by atoms with Crippen molar-refractivity contribution >= 4 is 26.0 Å². The first kappa shape index (κ1) is 15.5. The van der Waals surface area contributed by atoms with Crippen LogP contribution in [0.4, 0.5) is 8.78 Å². The Labute approximate surface area is 113 Å². The lowest BCUT2D eigenvalue weighted by Crippen LogP contribution is -2.39. The molecule has 102 valence electrons. The zero-order valence-corrected chi connectivity index (χ0v) is 11.9. The van der Waals surface area contributed by atoms with Crippen molar-refractivity contribution in [3.8, 4) is 0 Å². The van der Waals surface area contributed by atoms with Crippen molar-refractivity contribution < 1.29 is 21.9 Å². The van der Waals surface area contributed by atoms with Crippen molar-refractivity contribution in [2.24, 2.45) is 0 Å². The van der Waals surface area contributed by atoms with Crippen molar-refractivity contribution in [2.75, 3.05) is 19.0 Å². The molecule has 0 amide bonds. The first-order valence-electron chi connectivity index (χ1n) is 4.93. The third-order valence-corrected chi connectivity index (χ3v) is 4.38. The number of hydrogen-bond acceptors (Lipinski definition) is 3. The molecule has 0 aliphatic rings. The first-order valence-corrected chi connectivity index (χ1v) is 7.53. The smallest absolute Gasteiger partial charge is 0.243 e. The molecule has 0 bridgehead atoms. The standard InChI is InChI=1S/C10H12BrF2NO3S/c1-17-6-8(5-11)14-18(15,16)10-4-7(12)2-3-9(10)13/h2-4,8,14H,5-6H2,1H3. The molecule has 0 aliphatic carbocycles. The molecule has 1 N–H and O–H groups in total. The predicted octanol–water partition coefficient (Wildman–Crippen LogP) is 1.65. The van der Waals surface area contributed by atoms with E-state index < -0.39 is 32.6 Å². The van der Waals surface area contributed by atoms with Crippen LogP contribution in [0.15, 0.2) is 23.1 Å². The predicted molar refractivity (Wildman–Crippen MR) is 66.1 cm³/mol. The van der Waals surface area contributed by atoms with Gasteiger partial charge in [-0.25, -0.2) is 21.9 Å². The largest absolute Gasteiger partial charge is 0.383 e. The summed E-state index contributed by atoms with van der Waals surface area (Å²) in [6, 6.07) is 1.69. The lowest BCUT2D eigenvalue weighted by molar-refractivity contribution is 0.182. The molecule has 0 radical (unpaired) electrons. The Hall–Kier alpha value is -0.570. The molecule has 4 nitrogen and oxygen atoms in total. The molecule has 0 aromatic heterocycles. The van der Waals surface area contributed by atoms with Crippen LogP contribution in [0.3, 0.4) is 0 Å². The van der Waals surface area contributed by atoms with Crippen LogP contribution in [-0.4, -0.2) is 33.5 Å². The van der Waals surface area contributed by atoms with E-state index in [0.29, 0.717) is 6.07 Å². The first-order chi connectivity index (χ1) is 8.40. The third-order valence-electron chi connectivity index (χ3n) is 2.06. The lowest BCUT2D eigenvalue weighted by Gasteiger charge is -2.15. The molecular weight excluding hydrogens is 332 g/mol. The number of methoxy groups -OCH3 is 1. The fourth-order valence-electron chi connectivity index (χ4n) is 1.28. The normalized spacial score (nSPS) is 13.6. The fourth-order valence-corrected chi connectivity index (χ4v) is 3.15. The Morgan fingerprint density at radius 3 is 2.67 bits per heavy atom. The van der Waals surface area contributed by atoms with E-state index in [2.05, 4.69) is 20.7 Å². The Morgan fingerprint density at radius 1 is 1.44 bits per heavy atom. The van der Waals surface area contributed by atoms with Crippen molar-refractivity contribution in [2.45, 2.75) is 10.9 Å². The number of sulfonamides is 1. The van der Waals surface area contributed by atoms with E-state index in [4.69, 9.17) is 4.74 Å². The molecule has 0 saturated heterocycles. The quantitative estimate of drug-likeness (QED) is 0.799. The zero-order chi connectivity index (χ0) is 13.8. The van der Waals surface area contributed by atoms with E-state index in [-0.39, 0.29) is 11.9 Å². The number of ether oxygens (including phenoxy) is 1. The minimum Gasteiger partial charge on any atom is -0.383 e. The third kappa shape index (κ3) is 3.98. The SMILES string of the molecule is COCC(CBr)NS(=O)(=O)c1cc(F)ccc1F. The molecule has 0 aliphatic heterocycles. The van der Waals surface area contributed by atoms with E-state index in [1.807, 2.05) is 0 Å². The summed E-state index contributed by atoms with van der Waals surface area (Å²) in [7, 11) is -2.71. The maximum Gasteiger partial charge on any atom is 0.243 e. The van der Waals surface area contributed by atoms with Crippen molar-refractivity contribution in [3.63, 3.8) is 0 Å². The summed E-state index contributed by atoms with van der Waals surface area (Å²) >= 11 is 3.10. The minimum atomic E-state index is -4.12. The summed E-state index contributed by atoms with van der Waals surface area (Å²) in [6.45, 7) is 0.113. The van der Waals surface area contributed by atoms with Gasteiger partial charge in [0.1, 0.15) is 16.5 Å². The molecule has 1 rings (SSSR count). The molecule has 1 aromatic rings. The Bertz CT molecular complexity index is 510. The minimum absolute atomic E-state index is 0.113. The highest BCUT2D eigenvalue weighted by molar-refractivity contribution is 9.09. The van der Waals surface area contributed by atoms with Crippen LogP contribution < -0.4 is 4.72 Å². The van der Waals surface area contributed by atoms with E-state index in [0.717, 1.165) is 12.1 Å². The Kier molecular flexibility index (Phi) is 5.64. The van der Waals surface area contributed by atoms with Gasteiger partial charge in [-0.2, -0.15) is 0 Å². The second kappa shape index (κ2) is 6.55. The molecule has 8 heteroatoms. The number of benzene rings is 1. The van der Waals surface area contributed by atoms with Crippen LogP contribution >= 0.6 is 15.9 Å². The van der Waals surface area contributed by atoms with E-state index in [1.165, 1.54) is 7.11 Å². The highest BCUT2D eigenvalue weighted by Gasteiger charge is 2.23. The highest BCUT2D eigenvalue weighted by atomic mass is 79.9. The van der Waals surface area contributed by atoms with Gasteiger partial charge in [0.15, 0.2) is 0 Å². The zero-order valence-electron chi connectivity index (χ0n) is 9.49. The molecule has 0 fully saturated rings. The molecule has 0 spiro atoms. The summed E-state index contributed by atoms with van der Waals surface area (Å²) in [5, 5.41) is 0.289. The van der Waals surface area contributed by atoms with Gasteiger partial charge in [0.05, 0.1) is 12.6 Å². The van der Waals surface area contributed by atoms with Gasteiger partial charge in [0, 0.05) is 12.4 Å². The monoisotopic (exact) mass is 343 g/mol. The molecule has 1 aromatic carbocycles. The van der Waals surface area contributed by atoms with Crippen LogP contribution in [0.5, 0.6) is 0 Å². The average Bonchev–Trinajstić information content (AvgIpc) is 2.31. The van der Waals surface area contributed by atoms with Crippen LogP contribution in [0.25, 0.3) is 0 Å². The summed E-state index contributed by atoms with van der Waals surface area (Å²) in [4.78, 5) is -0.718. The highest BCUT2D eigenvalue weighted by Crippen LogP contribution is 2.16. The fraction of sp³-hybridized carbons (Fsp3) is 0.400. The van der Waals surface area contributed by atoms with Crippen LogP contribution in [-0.2, 0) is 14.8 Å². The summed E-state index contributed by atoms with van der Waals surface area (Å²) < 4.78 is 57.1. The number of hydrogen-bond donors (Lipinski definition) is 1. The molecule has 0 saturated carbocycles. The topological polar surface area (TPSA) is 55.4 Å². The van der Waals surface area contributed by atoms with Gasteiger partial charge in [-0.05, 0) is 18.2 Å². The maximum absolute atomic E-state index is 13.4. The molecule has 1 unspecified atom stereocenters. The van der Waals surface area contributed by atoms with Crippen molar-refractivity contribution in [1.82, 2.24) is 4.72 Å². The van der Waals surface area contributed by atoms with Gasteiger partial charge in [-0.3, -0.25) is 0 Å². The molecular formula is C10H12BrF2NO3S. The van der Waals surface area contributed by atoms with E-state index >= 15 is 0 Å². The van der Waals surface area contributed by atoms with Crippen LogP contribution in [0, 0.1) is 11.6 Å². The number of rotatable bonds is 6. The van der Waals surface area contributed by atoms with Crippen molar-refractivity contribution in [3.05, 3.63) is 29.8 Å². The summed E-state index contributed by atoms with van der Waals surface area (Å²) in [5.41, 5.74) is 0. The van der Waals surface area contributed by atoms with Gasteiger partial charge in [-0.15, -0.1) is 0 Å². The number of nitrogens with one attached hydrogen (secondary N) is 1. The maximum atomic E-state index is 13.4. The molecule has 1 atom stereocenters. The second-order valence-corrected chi connectivity index (χ2v) is 5.83. The van der Waals surface area contributed by atoms with Gasteiger partial charge in [0.2, 0.25) is 10.0 Å². The van der Waals surface area contributed by atoms with Gasteiger partial charge < -0.3 is 4.74 Å². The van der Waals surface area contributed by atoms with Gasteiger partial charge in [-0.1, -0.05) is 15.9 Å². The lowest BCUT2D eigenvalue weighted by atomic mass is 10.3. The molecule has 18 heavy (non-hydrogen) atoms. The van der Waals surface area contributed by atoms with Gasteiger partial charge >= 0.3 is 0 Å². The Morgan fingerprint density at radius 2 is 2.11 bits per heavy atom. The Balaban J connectivity index is 3.02. The van der Waals surface area contributed by atoms with E-state index in [1.54, 1.807) is 0 Å². The van der Waals surface area contributed by atoms with E-state index in [9.17, 15) is 17.2 Å². The van der Waals surface area contributed by atoms with Gasteiger partial charge in [0.25, 0.3) is 0 Å². The second-order valence-electron chi connectivity index (χ2n) is 3.50. The van der Waals surface area contributed by atoms with Crippen molar-refractivity contribution in [1.29, 1.82) is 0 Å². The average molecular weight is 344 g/mol. The van der Waals surface area contributed by atoms with Crippen LogP contribution in [0.1, 0.15) is 0 Å². The summed E-state index contributed by atoms with van der Waals surface area (Å²) in [5.74, 6) is -1.83.